The average molecular weight is 360 g/mol. The van der Waals surface area contributed by atoms with Crippen molar-refractivity contribution in [1.29, 1.82) is 0 Å². The fourth-order valence-electron chi connectivity index (χ4n) is 4.02. The molecule has 3 aliphatic rings. The Morgan fingerprint density at radius 2 is 1.62 bits per heavy atom. The van der Waals surface area contributed by atoms with Gasteiger partial charge in [-0.1, -0.05) is 30.3 Å². The molecule has 1 aromatic carbocycles. The standard InChI is InChI=1S/C21H28O5/c1-13(14-9-7-6-8-10-14)11-15-18-19(26-21(4,5)25-18)17(23-15)16-12-22-20(2,3)24-16/h6-11,15-19H,12H2,1-5H3/b13-11+/t15-,16-,17-,18-,19+/m1/s1. The van der Waals surface area contributed by atoms with Crippen LogP contribution in [0.5, 0.6) is 0 Å². The molecule has 3 heterocycles. The van der Waals surface area contributed by atoms with E-state index in [1.54, 1.807) is 0 Å². The van der Waals surface area contributed by atoms with E-state index in [-0.39, 0.29) is 30.5 Å². The van der Waals surface area contributed by atoms with Crippen LogP contribution in [0.2, 0.25) is 0 Å². The van der Waals surface area contributed by atoms with Crippen molar-refractivity contribution >= 4 is 5.57 Å². The molecule has 3 aliphatic heterocycles. The van der Waals surface area contributed by atoms with Gasteiger partial charge in [0, 0.05) is 0 Å². The summed E-state index contributed by atoms with van der Waals surface area (Å²) in [5.74, 6) is -1.22. The first-order valence-electron chi connectivity index (χ1n) is 9.31. The number of hydrogen-bond acceptors (Lipinski definition) is 5. The molecule has 0 bridgehead atoms. The molecule has 0 aliphatic carbocycles. The quantitative estimate of drug-likeness (QED) is 0.825. The Labute approximate surface area is 155 Å². The Kier molecular flexibility index (Phi) is 4.48. The zero-order chi connectivity index (χ0) is 18.5. The number of ether oxygens (including phenoxy) is 5. The van der Waals surface area contributed by atoms with Gasteiger partial charge in [0.1, 0.15) is 30.5 Å². The van der Waals surface area contributed by atoms with Crippen molar-refractivity contribution in [3.05, 3.63) is 42.0 Å². The second-order valence-corrected chi connectivity index (χ2v) is 8.21. The summed E-state index contributed by atoms with van der Waals surface area (Å²) in [6.07, 6.45) is 1.26. The molecule has 0 saturated carbocycles. The molecule has 0 radical (unpaired) electrons. The molecule has 0 spiro atoms. The molecule has 4 rings (SSSR count). The molecule has 0 aromatic heterocycles. The SMILES string of the molecule is C/C(=C\[C@H]1O[C@H]([C@H]2COC(C)(C)O2)[C@@H]2OC(C)(C)O[C@@H]21)c1ccccc1. The summed E-state index contributed by atoms with van der Waals surface area (Å²) in [5.41, 5.74) is 2.34. The largest absolute Gasteiger partial charge is 0.362 e. The van der Waals surface area contributed by atoms with Crippen molar-refractivity contribution in [3.8, 4) is 0 Å². The number of hydrogen-bond donors (Lipinski definition) is 0. The molecule has 5 nitrogen and oxygen atoms in total. The van der Waals surface area contributed by atoms with Crippen LogP contribution in [0.15, 0.2) is 36.4 Å². The molecule has 3 saturated heterocycles. The van der Waals surface area contributed by atoms with Crippen LogP contribution in [0.3, 0.4) is 0 Å². The van der Waals surface area contributed by atoms with Gasteiger partial charge in [0.2, 0.25) is 0 Å². The number of benzene rings is 1. The predicted molar refractivity (Wildman–Crippen MR) is 97.5 cm³/mol. The van der Waals surface area contributed by atoms with E-state index in [1.807, 2.05) is 45.9 Å². The Hall–Kier alpha value is -1.24. The van der Waals surface area contributed by atoms with E-state index in [0.717, 1.165) is 5.57 Å². The summed E-state index contributed by atoms with van der Waals surface area (Å²) in [7, 11) is 0. The number of allylic oxidation sites excluding steroid dienone is 1. The first kappa shape index (κ1) is 18.1. The second-order valence-electron chi connectivity index (χ2n) is 8.21. The highest BCUT2D eigenvalue weighted by Gasteiger charge is 2.58. The third kappa shape index (κ3) is 3.47. The van der Waals surface area contributed by atoms with Crippen molar-refractivity contribution in [1.82, 2.24) is 0 Å². The first-order valence-corrected chi connectivity index (χ1v) is 9.31. The maximum Gasteiger partial charge on any atom is 0.164 e. The third-order valence-electron chi connectivity index (χ3n) is 5.17. The molecule has 5 atom stereocenters. The number of rotatable bonds is 3. The van der Waals surface area contributed by atoms with Crippen molar-refractivity contribution in [2.24, 2.45) is 0 Å². The minimum atomic E-state index is -0.626. The summed E-state index contributed by atoms with van der Waals surface area (Å²) < 4.78 is 30.5. The average Bonchev–Trinajstić information content (AvgIpc) is 3.19. The summed E-state index contributed by atoms with van der Waals surface area (Å²) in [5, 5.41) is 0. The van der Waals surface area contributed by atoms with Crippen LogP contribution in [0, 0.1) is 0 Å². The van der Waals surface area contributed by atoms with Crippen LogP contribution in [-0.4, -0.2) is 48.7 Å². The van der Waals surface area contributed by atoms with E-state index >= 15 is 0 Å². The van der Waals surface area contributed by atoms with Crippen LogP contribution in [0.4, 0.5) is 0 Å². The molecule has 0 N–H and O–H groups in total. The zero-order valence-electron chi connectivity index (χ0n) is 16.1. The van der Waals surface area contributed by atoms with Gasteiger partial charge in [0.15, 0.2) is 11.6 Å². The molecule has 5 heteroatoms. The molecule has 1 aromatic rings. The van der Waals surface area contributed by atoms with Crippen molar-refractivity contribution in [3.63, 3.8) is 0 Å². The van der Waals surface area contributed by atoms with E-state index in [1.165, 1.54) is 5.56 Å². The van der Waals surface area contributed by atoms with E-state index < -0.39 is 11.6 Å². The maximum absolute atomic E-state index is 6.36. The zero-order valence-corrected chi connectivity index (χ0v) is 16.1. The molecular weight excluding hydrogens is 332 g/mol. The Balaban J connectivity index is 1.58. The minimum absolute atomic E-state index is 0.152. The molecule has 0 unspecified atom stereocenters. The Morgan fingerprint density at radius 1 is 0.923 bits per heavy atom. The summed E-state index contributed by atoms with van der Waals surface area (Å²) in [6.45, 7) is 10.3. The maximum atomic E-state index is 6.36. The highest BCUT2D eigenvalue weighted by molar-refractivity contribution is 5.64. The lowest BCUT2D eigenvalue weighted by Gasteiger charge is -2.26. The van der Waals surface area contributed by atoms with Crippen LogP contribution in [0.1, 0.15) is 40.2 Å². The fraction of sp³-hybridized carbons (Fsp3) is 0.619. The lowest BCUT2D eigenvalue weighted by molar-refractivity contribution is -0.201. The van der Waals surface area contributed by atoms with Gasteiger partial charge in [0.25, 0.3) is 0 Å². The van der Waals surface area contributed by atoms with Crippen molar-refractivity contribution in [2.75, 3.05) is 6.61 Å². The molecule has 3 fully saturated rings. The summed E-state index contributed by atoms with van der Waals surface area (Å²) in [4.78, 5) is 0. The van der Waals surface area contributed by atoms with Gasteiger partial charge >= 0.3 is 0 Å². The smallest absolute Gasteiger partial charge is 0.164 e. The predicted octanol–water partition coefficient (Wildman–Crippen LogP) is 3.53. The van der Waals surface area contributed by atoms with Gasteiger partial charge in [-0.2, -0.15) is 0 Å². The van der Waals surface area contributed by atoms with E-state index in [9.17, 15) is 0 Å². The Bertz CT molecular complexity index is 681. The van der Waals surface area contributed by atoms with Crippen LogP contribution >= 0.6 is 0 Å². The van der Waals surface area contributed by atoms with Crippen molar-refractivity contribution < 1.29 is 23.7 Å². The summed E-state index contributed by atoms with van der Waals surface area (Å²) >= 11 is 0. The highest BCUT2D eigenvalue weighted by atomic mass is 16.8. The lowest BCUT2D eigenvalue weighted by Crippen LogP contribution is -2.40. The number of fused-ring (bicyclic) bond motifs is 1. The van der Waals surface area contributed by atoms with Gasteiger partial charge in [-0.05, 0) is 51.8 Å². The van der Waals surface area contributed by atoms with Gasteiger partial charge in [0.05, 0.1) is 6.61 Å². The van der Waals surface area contributed by atoms with Crippen LogP contribution in [-0.2, 0) is 23.7 Å². The minimum Gasteiger partial charge on any atom is -0.362 e. The van der Waals surface area contributed by atoms with Crippen LogP contribution in [0.25, 0.3) is 5.57 Å². The topological polar surface area (TPSA) is 46.2 Å². The fourth-order valence-corrected chi connectivity index (χ4v) is 4.02. The first-order chi connectivity index (χ1) is 12.2. The van der Waals surface area contributed by atoms with Crippen molar-refractivity contribution in [2.45, 2.75) is 76.7 Å². The molecular formula is C21H28O5. The lowest BCUT2D eigenvalue weighted by atomic mass is 10.0. The van der Waals surface area contributed by atoms with Gasteiger partial charge in [-0.25, -0.2) is 0 Å². The normalized spacial score (nSPS) is 38.5. The van der Waals surface area contributed by atoms with E-state index in [0.29, 0.717) is 6.61 Å². The molecule has 26 heavy (non-hydrogen) atoms. The highest BCUT2D eigenvalue weighted by Crippen LogP contribution is 2.43. The summed E-state index contributed by atoms with van der Waals surface area (Å²) in [6, 6.07) is 10.3. The second kappa shape index (κ2) is 6.43. The van der Waals surface area contributed by atoms with E-state index in [4.69, 9.17) is 23.7 Å². The monoisotopic (exact) mass is 360 g/mol. The van der Waals surface area contributed by atoms with Gasteiger partial charge in [-0.3, -0.25) is 0 Å². The Morgan fingerprint density at radius 3 is 2.27 bits per heavy atom. The van der Waals surface area contributed by atoms with E-state index in [2.05, 4.69) is 25.1 Å². The van der Waals surface area contributed by atoms with Gasteiger partial charge < -0.3 is 23.7 Å². The molecule has 142 valence electrons. The molecule has 0 amide bonds. The van der Waals surface area contributed by atoms with Crippen LogP contribution < -0.4 is 0 Å². The third-order valence-corrected chi connectivity index (χ3v) is 5.17. The van der Waals surface area contributed by atoms with Gasteiger partial charge in [-0.15, -0.1) is 0 Å².